The normalized spacial score (nSPS) is 11.0. The monoisotopic (exact) mass is 293 g/mol. The average Bonchev–Trinajstić information content (AvgIpc) is 2.73. The van der Waals surface area contributed by atoms with Crippen molar-refractivity contribution in [3.8, 4) is 5.75 Å². The maximum absolute atomic E-state index is 11.9. The molecular formula is C14H19N3O2S. The zero-order valence-corrected chi connectivity index (χ0v) is 12.7. The Labute approximate surface area is 122 Å². The number of nitrogens with one attached hydrogen (secondary N) is 2. The Balaban J connectivity index is 2.28. The van der Waals surface area contributed by atoms with E-state index in [9.17, 15) is 4.79 Å². The molecule has 5 nitrogen and oxygen atoms in total. The van der Waals surface area contributed by atoms with Gasteiger partial charge < -0.3 is 19.6 Å². The molecule has 2 N–H and O–H groups in total. The van der Waals surface area contributed by atoms with E-state index in [0.717, 1.165) is 16.8 Å². The predicted molar refractivity (Wildman–Crippen MR) is 81.5 cm³/mol. The number of para-hydroxylation sites is 1. The summed E-state index contributed by atoms with van der Waals surface area (Å²) in [7, 11) is 1.61. The van der Waals surface area contributed by atoms with Crippen LogP contribution in [0.1, 0.15) is 13.8 Å². The Morgan fingerprint density at radius 2 is 2.25 bits per heavy atom. The number of aromatic nitrogens is 2. The van der Waals surface area contributed by atoms with Crippen molar-refractivity contribution in [1.82, 2.24) is 14.9 Å². The van der Waals surface area contributed by atoms with Gasteiger partial charge in [0.2, 0.25) is 5.91 Å². The van der Waals surface area contributed by atoms with Crippen LogP contribution in [0.15, 0.2) is 18.2 Å². The summed E-state index contributed by atoms with van der Waals surface area (Å²) in [6.45, 7) is 4.99. The van der Waals surface area contributed by atoms with Crippen molar-refractivity contribution in [3.05, 3.63) is 23.0 Å². The van der Waals surface area contributed by atoms with Crippen molar-refractivity contribution in [2.75, 3.05) is 13.7 Å². The number of amides is 1. The quantitative estimate of drug-likeness (QED) is 0.833. The minimum atomic E-state index is -0.0430. The average molecular weight is 293 g/mol. The SMILES string of the molecule is COc1cccc2c1[nH]c(=S)n2CC(=O)NCC(C)C. The molecule has 0 bridgehead atoms. The standard InChI is InChI=1S/C14H19N3O2S/c1-9(2)7-15-12(18)8-17-10-5-4-6-11(19-3)13(10)16-14(17)20/h4-6,9H,7-8H2,1-3H3,(H,15,18)(H,16,20). The highest BCUT2D eigenvalue weighted by Crippen LogP contribution is 2.24. The van der Waals surface area contributed by atoms with E-state index < -0.39 is 0 Å². The maximum Gasteiger partial charge on any atom is 0.240 e. The molecule has 0 saturated heterocycles. The third-order valence-corrected chi connectivity index (χ3v) is 3.32. The molecule has 0 unspecified atom stereocenters. The van der Waals surface area contributed by atoms with Crippen LogP contribution in [0.4, 0.5) is 0 Å². The Morgan fingerprint density at radius 3 is 2.90 bits per heavy atom. The molecule has 0 aliphatic rings. The van der Waals surface area contributed by atoms with Gasteiger partial charge in [-0.1, -0.05) is 19.9 Å². The van der Waals surface area contributed by atoms with Crippen molar-refractivity contribution < 1.29 is 9.53 Å². The number of nitrogens with zero attached hydrogens (tertiary/aromatic N) is 1. The Kier molecular flexibility index (Phi) is 4.44. The van der Waals surface area contributed by atoms with E-state index >= 15 is 0 Å². The third-order valence-electron chi connectivity index (χ3n) is 3.00. The van der Waals surface area contributed by atoms with Crippen LogP contribution < -0.4 is 10.1 Å². The first-order valence-corrected chi connectivity index (χ1v) is 6.96. The first-order chi connectivity index (χ1) is 9.52. The Morgan fingerprint density at radius 1 is 1.50 bits per heavy atom. The molecule has 0 radical (unpaired) electrons. The van der Waals surface area contributed by atoms with E-state index in [4.69, 9.17) is 17.0 Å². The Bertz CT molecular complexity index is 673. The number of methoxy groups -OCH3 is 1. The van der Waals surface area contributed by atoms with Crippen LogP contribution in [0.2, 0.25) is 0 Å². The maximum atomic E-state index is 11.9. The number of carbonyl (C=O) groups is 1. The fourth-order valence-corrected chi connectivity index (χ4v) is 2.26. The van der Waals surface area contributed by atoms with Crippen LogP contribution in [0.3, 0.4) is 0 Å². The number of fused-ring (bicyclic) bond motifs is 1. The van der Waals surface area contributed by atoms with Gasteiger partial charge in [0.25, 0.3) is 0 Å². The second kappa shape index (κ2) is 6.09. The zero-order valence-electron chi connectivity index (χ0n) is 11.9. The lowest BCUT2D eigenvalue weighted by atomic mass is 10.2. The molecule has 0 aliphatic heterocycles. The molecule has 2 aromatic rings. The van der Waals surface area contributed by atoms with Gasteiger partial charge in [-0.25, -0.2) is 0 Å². The fourth-order valence-electron chi connectivity index (χ4n) is 2.00. The highest BCUT2D eigenvalue weighted by Gasteiger charge is 2.11. The zero-order chi connectivity index (χ0) is 14.7. The highest BCUT2D eigenvalue weighted by atomic mass is 32.1. The molecule has 1 amide bonds. The topological polar surface area (TPSA) is 59.0 Å². The smallest absolute Gasteiger partial charge is 0.240 e. The van der Waals surface area contributed by atoms with Gasteiger partial charge in [-0.15, -0.1) is 0 Å². The van der Waals surface area contributed by atoms with Gasteiger partial charge in [-0.2, -0.15) is 0 Å². The molecule has 1 aromatic heterocycles. The van der Waals surface area contributed by atoms with Gasteiger partial charge in [0.1, 0.15) is 17.8 Å². The van der Waals surface area contributed by atoms with Gasteiger partial charge >= 0.3 is 0 Å². The summed E-state index contributed by atoms with van der Waals surface area (Å²) < 4.78 is 7.59. The van der Waals surface area contributed by atoms with Crippen LogP contribution in [0.25, 0.3) is 11.0 Å². The van der Waals surface area contributed by atoms with Crippen molar-refractivity contribution >= 4 is 29.2 Å². The van der Waals surface area contributed by atoms with E-state index in [0.29, 0.717) is 17.2 Å². The lowest BCUT2D eigenvalue weighted by Gasteiger charge is -2.09. The van der Waals surface area contributed by atoms with Gasteiger partial charge in [-0.05, 0) is 30.3 Å². The van der Waals surface area contributed by atoms with Gasteiger partial charge in [0.15, 0.2) is 4.77 Å². The summed E-state index contributed by atoms with van der Waals surface area (Å²) in [6.07, 6.45) is 0. The van der Waals surface area contributed by atoms with E-state index in [1.807, 2.05) is 18.2 Å². The molecule has 20 heavy (non-hydrogen) atoms. The molecule has 1 heterocycles. The van der Waals surface area contributed by atoms with Crippen LogP contribution in [-0.2, 0) is 11.3 Å². The number of carbonyl (C=O) groups excluding carboxylic acids is 1. The number of hydrogen-bond acceptors (Lipinski definition) is 3. The molecule has 108 valence electrons. The summed E-state index contributed by atoms with van der Waals surface area (Å²) in [5, 5.41) is 2.89. The lowest BCUT2D eigenvalue weighted by Crippen LogP contribution is -2.30. The van der Waals surface area contributed by atoms with Crippen molar-refractivity contribution in [2.24, 2.45) is 5.92 Å². The number of H-pyrrole nitrogens is 1. The minimum absolute atomic E-state index is 0.0430. The van der Waals surface area contributed by atoms with Crippen LogP contribution in [0, 0.1) is 10.7 Å². The van der Waals surface area contributed by atoms with Crippen LogP contribution >= 0.6 is 12.2 Å². The molecule has 2 rings (SSSR count). The lowest BCUT2D eigenvalue weighted by molar-refractivity contribution is -0.121. The van der Waals surface area contributed by atoms with Gasteiger partial charge in [0.05, 0.1) is 12.6 Å². The van der Waals surface area contributed by atoms with E-state index in [2.05, 4.69) is 24.1 Å². The van der Waals surface area contributed by atoms with Gasteiger partial charge in [-0.3, -0.25) is 4.79 Å². The summed E-state index contributed by atoms with van der Waals surface area (Å²) in [5.41, 5.74) is 1.69. The fraction of sp³-hybridized carbons (Fsp3) is 0.429. The largest absolute Gasteiger partial charge is 0.494 e. The summed E-state index contributed by atoms with van der Waals surface area (Å²) >= 11 is 5.29. The predicted octanol–water partition coefficient (Wildman–Crippen LogP) is 2.48. The molecule has 0 fully saturated rings. The minimum Gasteiger partial charge on any atom is -0.494 e. The molecule has 0 aliphatic carbocycles. The number of hydrogen-bond donors (Lipinski definition) is 2. The first kappa shape index (κ1) is 14.6. The number of aromatic amines is 1. The second-order valence-corrected chi connectivity index (χ2v) is 5.46. The van der Waals surface area contributed by atoms with Crippen molar-refractivity contribution in [2.45, 2.75) is 20.4 Å². The molecular weight excluding hydrogens is 274 g/mol. The van der Waals surface area contributed by atoms with Crippen molar-refractivity contribution in [3.63, 3.8) is 0 Å². The van der Waals surface area contributed by atoms with E-state index in [-0.39, 0.29) is 12.5 Å². The first-order valence-electron chi connectivity index (χ1n) is 6.55. The summed E-state index contributed by atoms with van der Waals surface area (Å²) in [6, 6.07) is 5.66. The summed E-state index contributed by atoms with van der Waals surface area (Å²) in [4.78, 5) is 15.0. The number of imidazole rings is 1. The van der Waals surface area contributed by atoms with Crippen molar-refractivity contribution in [1.29, 1.82) is 0 Å². The molecule has 6 heteroatoms. The number of benzene rings is 1. The molecule has 0 saturated carbocycles. The van der Waals surface area contributed by atoms with E-state index in [1.54, 1.807) is 11.7 Å². The van der Waals surface area contributed by atoms with E-state index in [1.165, 1.54) is 0 Å². The van der Waals surface area contributed by atoms with Crippen LogP contribution in [0.5, 0.6) is 5.75 Å². The second-order valence-electron chi connectivity index (χ2n) is 5.07. The van der Waals surface area contributed by atoms with Gasteiger partial charge in [0, 0.05) is 6.54 Å². The number of rotatable bonds is 5. The molecule has 1 aromatic carbocycles. The molecule has 0 atom stereocenters. The molecule has 0 spiro atoms. The Hall–Kier alpha value is -1.82. The summed E-state index contributed by atoms with van der Waals surface area (Å²) in [5.74, 6) is 1.10. The van der Waals surface area contributed by atoms with Crippen LogP contribution in [-0.4, -0.2) is 29.1 Å². The number of ether oxygens (including phenoxy) is 1. The third kappa shape index (κ3) is 3.01. The highest BCUT2D eigenvalue weighted by molar-refractivity contribution is 7.71.